The number of ether oxygens (including phenoxy) is 1. The summed E-state index contributed by atoms with van der Waals surface area (Å²) in [6.07, 6.45) is 0. The number of hydrogen-bond acceptors (Lipinski definition) is 2. The monoisotopic (exact) mass is 235 g/mol. The lowest BCUT2D eigenvalue weighted by Gasteiger charge is -2.00. The topological polar surface area (TPSA) is 35.2 Å². The van der Waals surface area contributed by atoms with Crippen LogP contribution < -0.4 is 10.5 Å². The van der Waals surface area contributed by atoms with Gasteiger partial charge in [0, 0.05) is 5.02 Å². The Balaban J connectivity index is 0.000000165. The zero-order valence-electron chi connectivity index (χ0n) is 9.06. The van der Waals surface area contributed by atoms with Gasteiger partial charge in [0.25, 0.3) is 0 Å². The molecule has 0 atom stereocenters. The van der Waals surface area contributed by atoms with Gasteiger partial charge >= 0.3 is 0 Å². The number of nitrogens with two attached hydrogens (primary N) is 1. The molecule has 0 spiro atoms. The van der Waals surface area contributed by atoms with Crippen molar-refractivity contribution in [1.82, 2.24) is 0 Å². The molecule has 0 aromatic heterocycles. The quantitative estimate of drug-likeness (QED) is 0.767. The molecular weight excluding hydrogens is 222 g/mol. The van der Waals surface area contributed by atoms with Gasteiger partial charge in [0.2, 0.25) is 0 Å². The lowest BCUT2D eigenvalue weighted by Crippen LogP contribution is -1.89. The maximum absolute atomic E-state index is 5.54. The number of methoxy groups -OCH3 is 1. The van der Waals surface area contributed by atoms with E-state index in [0.717, 1.165) is 10.8 Å². The van der Waals surface area contributed by atoms with E-state index in [2.05, 4.69) is 0 Å². The van der Waals surface area contributed by atoms with Gasteiger partial charge in [-0.25, -0.2) is 0 Å². The second-order valence-corrected chi connectivity index (χ2v) is 3.47. The summed E-state index contributed by atoms with van der Waals surface area (Å²) in [4.78, 5) is 0. The lowest BCUT2D eigenvalue weighted by molar-refractivity contribution is 0.417. The average molecular weight is 236 g/mol. The average Bonchev–Trinajstić information content (AvgIpc) is 2.31. The number of nitrogen functional groups attached to an aromatic ring is 1. The highest BCUT2D eigenvalue weighted by molar-refractivity contribution is 6.30. The van der Waals surface area contributed by atoms with E-state index in [1.165, 1.54) is 0 Å². The van der Waals surface area contributed by atoms with Crippen LogP contribution in [-0.2, 0) is 0 Å². The Kier molecular flexibility index (Phi) is 5.23. The zero-order chi connectivity index (χ0) is 11.8. The molecule has 0 bridgehead atoms. The van der Waals surface area contributed by atoms with Crippen LogP contribution in [0.5, 0.6) is 5.75 Å². The van der Waals surface area contributed by atoms with E-state index in [4.69, 9.17) is 22.1 Å². The summed E-state index contributed by atoms with van der Waals surface area (Å²) in [5.74, 6) is 0.734. The van der Waals surface area contributed by atoms with Crippen molar-refractivity contribution in [3.63, 3.8) is 0 Å². The summed E-state index contributed by atoms with van der Waals surface area (Å²) in [5, 5.41) is 0.794. The van der Waals surface area contributed by atoms with Crippen molar-refractivity contribution < 1.29 is 4.74 Å². The molecule has 0 aliphatic rings. The second kappa shape index (κ2) is 6.75. The summed E-state index contributed by atoms with van der Waals surface area (Å²) in [7, 11) is 1.60. The summed E-state index contributed by atoms with van der Waals surface area (Å²) < 4.78 is 4.92. The minimum atomic E-state index is 0.681. The minimum Gasteiger partial charge on any atom is -0.495 e. The SMILES string of the molecule is COc1ccccc1N.Clc1ccccc1. The van der Waals surface area contributed by atoms with Crippen LogP contribution in [0, 0.1) is 0 Å². The van der Waals surface area contributed by atoms with E-state index in [1.54, 1.807) is 13.2 Å². The van der Waals surface area contributed by atoms with Crippen LogP contribution in [0.4, 0.5) is 5.69 Å². The molecule has 0 heterocycles. The number of anilines is 1. The van der Waals surface area contributed by atoms with Gasteiger partial charge < -0.3 is 10.5 Å². The lowest BCUT2D eigenvalue weighted by atomic mass is 10.3. The van der Waals surface area contributed by atoms with Gasteiger partial charge in [-0.3, -0.25) is 0 Å². The van der Waals surface area contributed by atoms with Crippen molar-refractivity contribution in [1.29, 1.82) is 0 Å². The smallest absolute Gasteiger partial charge is 0.141 e. The Bertz CT molecular complexity index is 417. The van der Waals surface area contributed by atoms with Crippen molar-refractivity contribution in [3.8, 4) is 5.75 Å². The maximum atomic E-state index is 5.54. The number of hydrogen-bond donors (Lipinski definition) is 1. The molecule has 0 fully saturated rings. The van der Waals surface area contributed by atoms with Crippen LogP contribution >= 0.6 is 11.6 Å². The Labute approximate surface area is 101 Å². The molecule has 0 saturated heterocycles. The molecule has 2 aromatic carbocycles. The van der Waals surface area contributed by atoms with Crippen LogP contribution in [-0.4, -0.2) is 7.11 Å². The highest BCUT2D eigenvalue weighted by Gasteiger charge is 1.91. The van der Waals surface area contributed by atoms with E-state index >= 15 is 0 Å². The first-order valence-corrected chi connectivity index (χ1v) is 5.21. The van der Waals surface area contributed by atoms with E-state index in [-0.39, 0.29) is 0 Å². The maximum Gasteiger partial charge on any atom is 0.141 e. The number of benzene rings is 2. The normalized spacial score (nSPS) is 8.88. The van der Waals surface area contributed by atoms with Crippen LogP contribution in [0.25, 0.3) is 0 Å². The predicted molar refractivity (Wildman–Crippen MR) is 68.9 cm³/mol. The molecule has 0 amide bonds. The van der Waals surface area contributed by atoms with E-state index < -0.39 is 0 Å². The van der Waals surface area contributed by atoms with Gasteiger partial charge in [0.1, 0.15) is 5.75 Å². The highest BCUT2D eigenvalue weighted by Crippen LogP contribution is 2.18. The fourth-order valence-corrected chi connectivity index (χ4v) is 1.23. The molecule has 0 aliphatic heterocycles. The first-order chi connectivity index (χ1) is 7.74. The molecule has 16 heavy (non-hydrogen) atoms. The molecule has 3 heteroatoms. The van der Waals surface area contributed by atoms with Crippen LogP contribution in [0.15, 0.2) is 54.6 Å². The van der Waals surface area contributed by atoms with Crippen LogP contribution in [0.1, 0.15) is 0 Å². The van der Waals surface area contributed by atoms with Gasteiger partial charge in [-0.05, 0) is 24.3 Å². The van der Waals surface area contributed by atoms with Gasteiger partial charge in [0.05, 0.1) is 12.8 Å². The van der Waals surface area contributed by atoms with Crippen molar-refractivity contribution in [2.75, 3.05) is 12.8 Å². The standard InChI is InChI=1S/C7H9NO.C6H5Cl/c1-9-7-5-3-2-4-6(7)8;7-6-4-2-1-3-5-6/h2-5H,8H2,1H3;1-5H. The largest absolute Gasteiger partial charge is 0.495 e. The van der Waals surface area contributed by atoms with Gasteiger partial charge in [-0.1, -0.05) is 41.9 Å². The van der Waals surface area contributed by atoms with E-state index in [1.807, 2.05) is 48.5 Å². The Morgan fingerprint density at radius 1 is 0.938 bits per heavy atom. The van der Waals surface area contributed by atoms with Crippen molar-refractivity contribution >= 4 is 17.3 Å². The highest BCUT2D eigenvalue weighted by atomic mass is 35.5. The second-order valence-electron chi connectivity index (χ2n) is 3.04. The third kappa shape index (κ3) is 4.24. The third-order valence-corrected chi connectivity index (χ3v) is 2.12. The number of rotatable bonds is 1. The Morgan fingerprint density at radius 2 is 1.50 bits per heavy atom. The molecular formula is C13H14ClNO. The van der Waals surface area contributed by atoms with Gasteiger partial charge in [-0.2, -0.15) is 0 Å². The van der Waals surface area contributed by atoms with Crippen LogP contribution in [0.2, 0.25) is 5.02 Å². The van der Waals surface area contributed by atoms with Crippen LogP contribution in [0.3, 0.4) is 0 Å². The molecule has 2 nitrogen and oxygen atoms in total. The predicted octanol–water partition coefficient (Wildman–Crippen LogP) is 3.62. The molecule has 84 valence electrons. The Hall–Kier alpha value is -1.67. The third-order valence-electron chi connectivity index (χ3n) is 1.87. The molecule has 2 rings (SSSR count). The summed E-state index contributed by atoms with van der Waals surface area (Å²) >= 11 is 5.54. The van der Waals surface area contributed by atoms with Gasteiger partial charge in [-0.15, -0.1) is 0 Å². The molecule has 0 unspecified atom stereocenters. The molecule has 2 aromatic rings. The van der Waals surface area contributed by atoms with E-state index in [0.29, 0.717) is 5.69 Å². The molecule has 0 radical (unpaired) electrons. The first kappa shape index (κ1) is 12.4. The summed E-state index contributed by atoms with van der Waals surface area (Å²) in [6.45, 7) is 0. The summed E-state index contributed by atoms with van der Waals surface area (Å²) in [6, 6.07) is 16.8. The van der Waals surface area contributed by atoms with Crippen molar-refractivity contribution in [2.45, 2.75) is 0 Å². The van der Waals surface area contributed by atoms with Crippen molar-refractivity contribution in [2.24, 2.45) is 0 Å². The van der Waals surface area contributed by atoms with Gasteiger partial charge in [0.15, 0.2) is 0 Å². The van der Waals surface area contributed by atoms with Crippen molar-refractivity contribution in [3.05, 3.63) is 59.6 Å². The zero-order valence-corrected chi connectivity index (χ0v) is 9.82. The van der Waals surface area contributed by atoms with E-state index in [9.17, 15) is 0 Å². The number of halogens is 1. The fourth-order valence-electron chi connectivity index (χ4n) is 1.08. The molecule has 0 saturated carbocycles. The summed E-state index contributed by atoms with van der Waals surface area (Å²) in [5.41, 5.74) is 6.19. The minimum absolute atomic E-state index is 0.681. The number of para-hydroxylation sites is 2. The fraction of sp³-hybridized carbons (Fsp3) is 0.0769. The Morgan fingerprint density at radius 3 is 1.88 bits per heavy atom. The molecule has 0 aliphatic carbocycles. The molecule has 2 N–H and O–H groups in total. The first-order valence-electron chi connectivity index (χ1n) is 4.83.